The molecule has 0 rings (SSSR count). The fourth-order valence-corrected chi connectivity index (χ4v) is 6.39. The number of rotatable bonds is 23. The lowest BCUT2D eigenvalue weighted by Crippen LogP contribution is -2.45. The summed E-state index contributed by atoms with van der Waals surface area (Å²) in [6.07, 6.45) is 19.7. The van der Waals surface area contributed by atoms with E-state index < -0.39 is 8.80 Å². The van der Waals surface area contributed by atoms with Crippen molar-refractivity contribution < 1.29 is 18.1 Å². The summed E-state index contributed by atoms with van der Waals surface area (Å²) in [5.74, 6) is 0. The minimum Gasteiger partial charge on any atom is -0.374 e. The van der Waals surface area contributed by atoms with Crippen LogP contribution >= 0.6 is 0 Å². The van der Waals surface area contributed by atoms with Crippen LogP contribution in [-0.4, -0.2) is 41.2 Å². The molecule has 0 fully saturated rings. The molecule has 0 saturated heterocycles. The zero-order valence-electron chi connectivity index (χ0n) is 19.5. The van der Waals surface area contributed by atoms with E-state index >= 15 is 0 Å². The summed E-state index contributed by atoms with van der Waals surface area (Å²) in [5, 5.41) is 0. The highest BCUT2D eigenvalue weighted by molar-refractivity contribution is 6.60. The maximum absolute atomic E-state index is 9.95. The smallest absolute Gasteiger partial charge is 0.374 e. The molecule has 0 aromatic carbocycles. The van der Waals surface area contributed by atoms with Crippen LogP contribution in [-0.2, 0) is 18.1 Å². The van der Waals surface area contributed by atoms with E-state index in [2.05, 4.69) is 4.99 Å². The summed E-state index contributed by atoms with van der Waals surface area (Å²) in [5.41, 5.74) is 0. The van der Waals surface area contributed by atoms with Crippen LogP contribution in [0.25, 0.3) is 0 Å². The first-order valence-corrected chi connectivity index (χ1v) is 14.1. The van der Waals surface area contributed by atoms with Gasteiger partial charge in [-0.15, -0.1) is 0 Å². The van der Waals surface area contributed by atoms with Crippen molar-refractivity contribution in [2.75, 3.05) is 26.4 Å². The van der Waals surface area contributed by atoms with Crippen molar-refractivity contribution in [2.24, 2.45) is 4.99 Å². The zero-order valence-corrected chi connectivity index (χ0v) is 20.5. The van der Waals surface area contributed by atoms with Crippen molar-refractivity contribution in [3.05, 3.63) is 0 Å². The second kappa shape index (κ2) is 22.2. The maximum atomic E-state index is 9.95. The molecule has 0 aliphatic carbocycles. The van der Waals surface area contributed by atoms with E-state index in [1.165, 1.54) is 77.0 Å². The molecule has 0 atom stereocenters. The molecule has 0 N–H and O–H groups in total. The van der Waals surface area contributed by atoms with E-state index in [1.807, 2.05) is 20.8 Å². The molecule has 0 amide bonds. The van der Waals surface area contributed by atoms with Crippen LogP contribution in [0.4, 0.5) is 0 Å². The predicted octanol–water partition coefficient (Wildman–Crippen LogP) is 6.83. The second-order valence-electron chi connectivity index (χ2n) is 7.65. The van der Waals surface area contributed by atoms with Gasteiger partial charge in [-0.25, -0.2) is 9.79 Å². The SMILES string of the molecule is CCO[Si](CCCCCCCCCCCCCCCCN=C=O)(OCC)OCC. The number of carbonyl (C=O) groups excluding carboxylic acids is 1. The minimum absolute atomic E-state index is 0.651. The summed E-state index contributed by atoms with van der Waals surface area (Å²) in [4.78, 5) is 13.5. The Morgan fingerprint density at radius 3 is 1.28 bits per heavy atom. The molecular weight excluding hydrogens is 382 g/mol. The fourth-order valence-electron chi connectivity index (χ4n) is 3.70. The van der Waals surface area contributed by atoms with Crippen molar-refractivity contribution in [3.63, 3.8) is 0 Å². The molecule has 0 aliphatic heterocycles. The number of aliphatic imine (C=N–C) groups is 1. The van der Waals surface area contributed by atoms with Gasteiger partial charge in [-0.2, -0.15) is 0 Å². The van der Waals surface area contributed by atoms with Gasteiger partial charge in [0.15, 0.2) is 0 Å². The van der Waals surface area contributed by atoms with E-state index in [0.29, 0.717) is 26.4 Å². The van der Waals surface area contributed by atoms with Crippen LogP contribution in [0.2, 0.25) is 6.04 Å². The summed E-state index contributed by atoms with van der Waals surface area (Å²) < 4.78 is 17.7. The van der Waals surface area contributed by atoms with Gasteiger partial charge >= 0.3 is 8.80 Å². The lowest BCUT2D eigenvalue weighted by atomic mass is 10.0. The highest BCUT2D eigenvalue weighted by Gasteiger charge is 2.39. The van der Waals surface area contributed by atoms with E-state index in [9.17, 15) is 4.79 Å². The number of hydrogen-bond donors (Lipinski definition) is 0. The molecule has 0 aliphatic rings. The third-order valence-electron chi connectivity index (χ3n) is 5.16. The quantitative estimate of drug-likeness (QED) is 0.0772. The Kier molecular flexibility index (Phi) is 21.8. The molecule has 0 unspecified atom stereocenters. The van der Waals surface area contributed by atoms with E-state index in [1.54, 1.807) is 6.08 Å². The lowest BCUT2D eigenvalue weighted by Gasteiger charge is -2.28. The molecule has 0 spiro atoms. The van der Waals surface area contributed by atoms with Gasteiger partial charge < -0.3 is 13.3 Å². The van der Waals surface area contributed by atoms with E-state index in [0.717, 1.165) is 18.9 Å². The van der Waals surface area contributed by atoms with Crippen LogP contribution in [0.1, 0.15) is 111 Å². The van der Waals surface area contributed by atoms with Crippen molar-refractivity contribution in [2.45, 2.75) is 117 Å². The number of isocyanates is 1. The normalized spacial score (nSPS) is 11.6. The van der Waals surface area contributed by atoms with Crippen LogP contribution in [0.3, 0.4) is 0 Å². The Morgan fingerprint density at radius 1 is 0.586 bits per heavy atom. The first kappa shape index (κ1) is 28.5. The van der Waals surface area contributed by atoms with Crippen LogP contribution in [0.5, 0.6) is 0 Å². The van der Waals surface area contributed by atoms with E-state index in [-0.39, 0.29) is 0 Å². The Balaban J connectivity index is 3.46. The largest absolute Gasteiger partial charge is 0.500 e. The average Bonchev–Trinajstić information content (AvgIpc) is 2.71. The van der Waals surface area contributed by atoms with Gasteiger partial charge in [-0.3, -0.25) is 0 Å². The number of unbranched alkanes of at least 4 members (excludes halogenated alkanes) is 13. The summed E-state index contributed by atoms with van der Waals surface area (Å²) in [6, 6.07) is 0.951. The van der Waals surface area contributed by atoms with Crippen LogP contribution in [0.15, 0.2) is 4.99 Å². The monoisotopic (exact) mass is 429 g/mol. The molecule has 5 nitrogen and oxygen atoms in total. The maximum Gasteiger partial charge on any atom is 0.500 e. The van der Waals surface area contributed by atoms with Gasteiger partial charge in [0.1, 0.15) is 0 Å². The molecule has 0 radical (unpaired) electrons. The average molecular weight is 430 g/mol. The topological polar surface area (TPSA) is 57.1 Å². The minimum atomic E-state index is -2.42. The summed E-state index contributed by atoms with van der Waals surface area (Å²) in [7, 11) is -2.42. The predicted molar refractivity (Wildman–Crippen MR) is 123 cm³/mol. The molecule has 6 heteroatoms. The zero-order chi connectivity index (χ0) is 21.5. The molecule has 0 bridgehead atoms. The molecule has 0 aromatic heterocycles. The number of hydrogen-bond acceptors (Lipinski definition) is 5. The van der Waals surface area contributed by atoms with Gasteiger partial charge in [0.2, 0.25) is 6.08 Å². The highest BCUT2D eigenvalue weighted by atomic mass is 28.4. The molecular formula is C23H47NO4Si. The van der Waals surface area contributed by atoms with Gasteiger partial charge in [0.25, 0.3) is 0 Å². The molecule has 29 heavy (non-hydrogen) atoms. The molecule has 0 heterocycles. The van der Waals surface area contributed by atoms with Crippen LogP contribution in [0, 0.1) is 0 Å². The van der Waals surface area contributed by atoms with Crippen molar-refractivity contribution in [1.82, 2.24) is 0 Å². The standard InChI is InChI=1S/C23H47NO4Si/c1-4-26-29(27-5-2,28-6-3)22-20-18-16-14-12-10-8-7-9-11-13-15-17-19-21-24-23-25/h4-22H2,1-3H3. The Hall–Kier alpha value is -0.523. The van der Waals surface area contributed by atoms with Gasteiger partial charge in [-0.1, -0.05) is 77.0 Å². The van der Waals surface area contributed by atoms with Crippen molar-refractivity contribution >= 4 is 14.9 Å². The Bertz CT molecular complexity index is 372. The second-order valence-corrected chi connectivity index (χ2v) is 10.4. The van der Waals surface area contributed by atoms with Gasteiger partial charge in [0, 0.05) is 25.9 Å². The third kappa shape index (κ3) is 18.0. The molecule has 172 valence electrons. The van der Waals surface area contributed by atoms with Gasteiger partial charge in [0.05, 0.1) is 6.54 Å². The fraction of sp³-hybridized carbons (Fsp3) is 0.957. The summed E-state index contributed by atoms with van der Waals surface area (Å²) >= 11 is 0. The molecule has 0 saturated carbocycles. The third-order valence-corrected chi connectivity index (χ3v) is 8.31. The number of nitrogens with zero attached hydrogens (tertiary/aromatic N) is 1. The highest BCUT2D eigenvalue weighted by Crippen LogP contribution is 2.21. The van der Waals surface area contributed by atoms with Crippen LogP contribution < -0.4 is 0 Å². The first-order chi connectivity index (χ1) is 14.2. The Morgan fingerprint density at radius 2 is 0.931 bits per heavy atom. The summed E-state index contributed by atoms with van der Waals surface area (Å²) in [6.45, 7) is 8.72. The first-order valence-electron chi connectivity index (χ1n) is 12.2. The van der Waals surface area contributed by atoms with Crippen molar-refractivity contribution in [1.29, 1.82) is 0 Å². The van der Waals surface area contributed by atoms with Crippen molar-refractivity contribution in [3.8, 4) is 0 Å². The Labute approximate surface area is 181 Å². The van der Waals surface area contributed by atoms with Gasteiger partial charge in [-0.05, 0) is 33.6 Å². The molecule has 0 aromatic rings. The lowest BCUT2D eigenvalue weighted by molar-refractivity contribution is 0.0706. The van der Waals surface area contributed by atoms with E-state index in [4.69, 9.17) is 13.3 Å².